The zero-order valence-corrected chi connectivity index (χ0v) is 25.4. The van der Waals surface area contributed by atoms with Gasteiger partial charge in [0.05, 0.1) is 27.6 Å². The summed E-state index contributed by atoms with van der Waals surface area (Å²) in [7, 11) is 0. The maximum Gasteiger partial charge on any atom is 0.263 e. The normalized spacial score (nSPS) is 13.6. The number of hydrogen-bond acceptors (Lipinski definition) is 1. The lowest BCUT2D eigenvalue weighted by molar-refractivity contribution is 0.882. The summed E-state index contributed by atoms with van der Waals surface area (Å²) in [4.78, 5) is 14.3. The van der Waals surface area contributed by atoms with Crippen molar-refractivity contribution < 1.29 is 0 Å². The predicted octanol–water partition coefficient (Wildman–Crippen LogP) is 10.2. The number of aryl methyl sites for hydroxylation is 1. The number of nitrogens with zero attached hydrogens (tertiary/aromatic N) is 3. The van der Waals surface area contributed by atoms with Gasteiger partial charge >= 0.3 is 0 Å². The van der Waals surface area contributed by atoms with E-state index in [-0.39, 0.29) is 5.56 Å². The first-order chi connectivity index (χ1) is 23.3. The number of allylic oxidation sites excluding steroid dienone is 1. The highest BCUT2D eigenvalue weighted by molar-refractivity contribution is 6.17. The molecule has 0 spiro atoms. The molecule has 0 unspecified atom stereocenters. The first kappa shape index (κ1) is 25.1. The van der Waals surface area contributed by atoms with Crippen LogP contribution in [0.3, 0.4) is 0 Å². The van der Waals surface area contributed by atoms with E-state index in [1.54, 1.807) is 0 Å². The topological polar surface area (TPSA) is 31.3 Å². The standard InChI is InChI=1S/C43H27N3O/c47-43-33-16-2-1-11-28(33)35-24-27(45-39-19-9-5-14-31(39)32-15-6-10-20-40(32)45)25-36-34-23-26(21-22-41(34)46(43)42(35)36)44-37-17-7-3-12-29(37)30-13-4-8-18-38(30)44/h1-20,23-25H,21-22H2. The fourth-order valence-corrected chi connectivity index (χ4v) is 8.56. The summed E-state index contributed by atoms with van der Waals surface area (Å²) in [5, 5.41) is 8.98. The molecule has 10 aromatic rings. The van der Waals surface area contributed by atoms with E-state index in [2.05, 4.69) is 130 Å². The molecule has 4 nitrogen and oxygen atoms in total. The van der Waals surface area contributed by atoms with Crippen LogP contribution >= 0.6 is 0 Å². The highest BCUT2D eigenvalue weighted by atomic mass is 16.1. The first-order valence-electron chi connectivity index (χ1n) is 16.3. The van der Waals surface area contributed by atoms with E-state index >= 15 is 0 Å². The van der Waals surface area contributed by atoms with Crippen LogP contribution in [0, 0.1) is 0 Å². The second-order valence-corrected chi connectivity index (χ2v) is 12.8. The van der Waals surface area contributed by atoms with Crippen molar-refractivity contribution in [2.75, 3.05) is 0 Å². The average molecular weight is 602 g/mol. The lowest BCUT2D eigenvalue weighted by atomic mass is 9.98. The Hall–Kier alpha value is -6.13. The Morgan fingerprint density at radius 1 is 0.447 bits per heavy atom. The molecule has 220 valence electrons. The number of para-hydroxylation sites is 4. The minimum Gasteiger partial charge on any atom is -0.313 e. The lowest BCUT2D eigenvalue weighted by Gasteiger charge is -2.18. The molecule has 4 aromatic heterocycles. The number of rotatable bonds is 2. The van der Waals surface area contributed by atoms with E-state index in [0.29, 0.717) is 0 Å². The van der Waals surface area contributed by atoms with Crippen LogP contribution in [0.25, 0.3) is 88.1 Å². The van der Waals surface area contributed by atoms with Gasteiger partial charge in [-0.1, -0.05) is 91.0 Å². The summed E-state index contributed by atoms with van der Waals surface area (Å²) < 4.78 is 6.85. The smallest absolute Gasteiger partial charge is 0.263 e. The fourth-order valence-electron chi connectivity index (χ4n) is 8.56. The molecule has 11 rings (SSSR count). The Morgan fingerprint density at radius 3 is 1.49 bits per heavy atom. The van der Waals surface area contributed by atoms with Crippen molar-refractivity contribution >= 4 is 82.4 Å². The number of pyridine rings is 1. The van der Waals surface area contributed by atoms with Crippen LogP contribution in [0.4, 0.5) is 0 Å². The van der Waals surface area contributed by atoms with E-state index in [0.717, 1.165) is 56.8 Å². The summed E-state index contributed by atoms with van der Waals surface area (Å²) in [5.74, 6) is 0. The third-order valence-corrected chi connectivity index (χ3v) is 10.5. The maximum absolute atomic E-state index is 14.3. The molecule has 0 N–H and O–H groups in total. The van der Waals surface area contributed by atoms with Crippen LogP contribution in [0.15, 0.2) is 138 Å². The van der Waals surface area contributed by atoms with Gasteiger partial charge in [-0.05, 0) is 66.8 Å². The van der Waals surface area contributed by atoms with Crippen molar-refractivity contribution in [3.8, 4) is 5.69 Å². The minimum absolute atomic E-state index is 0.0673. The molecular formula is C43H27N3O. The maximum atomic E-state index is 14.3. The molecule has 0 radical (unpaired) electrons. The quantitative estimate of drug-likeness (QED) is 0.181. The highest BCUT2D eigenvalue weighted by Crippen LogP contribution is 2.42. The molecule has 1 aliphatic carbocycles. The molecule has 0 aliphatic heterocycles. The summed E-state index contributed by atoms with van der Waals surface area (Å²) in [5.41, 5.74) is 10.5. The monoisotopic (exact) mass is 601 g/mol. The number of fused-ring (bicyclic) bond motifs is 11. The largest absolute Gasteiger partial charge is 0.313 e. The molecule has 6 aromatic carbocycles. The van der Waals surface area contributed by atoms with E-state index in [1.165, 1.54) is 49.3 Å². The number of aromatic nitrogens is 3. The highest BCUT2D eigenvalue weighted by Gasteiger charge is 2.26. The van der Waals surface area contributed by atoms with E-state index in [9.17, 15) is 4.79 Å². The Bertz CT molecular complexity index is 2940. The lowest BCUT2D eigenvalue weighted by Crippen LogP contribution is -2.17. The molecule has 0 saturated carbocycles. The molecule has 4 heteroatoms. The second-order valence-electron chi connectivity index (χ2n) is 12.8. The van der Waals surface area contributed by atoms with Gasteiger partial charge in [0.2, 0.25) is 0 Å². The number of benzene rings is 6. The van der Waals surface area contributed by atoms with Gasteiger partial charge in [-0.3, -0.25) is 9.20 Å². The van der Waals surface area contributed by atoms with Crippen LogP contribution in [0.5, 0.6) is 0 Å². The molecule has 1 aliphatic rings. The first-order valence-corrected chi connectivity index (χ1v) is 16.3. The zero-order chi connectivity index (χ0) is 30.8. The van der Waals surface area contributed by atoms with Gasteiger partial charge < -0.3 is 9.13 Å². The van der Waals surface area contributed by atoms with Gasteiger partial charge in [0.25, 0.3) is 5.56 Å². The predicted molar refractivity (Wildman–Crippen MR) is 196 cm³/mol. The van der Waals surface area contributed by atoms with Gasteiger partial charge in [-0.25, -0.2) is 0 Å². The van der Waals surface area contributed by atoms with Gasteiger partial charge in [0, 0.05) is 60.3 Å². The SMILES string of the molecule is O=c1c2ccccc2c2cc(-n3c4ccccc4c4ccccc43)cc3c4c(n1c32)CCC(n1c2ccccc2c2ccccc21)=C4. The summed E-state index contributed by atoms with van der Waals surface area (Å²) in [6.07, 6.45) is 3.99. The van der Waals surface area contributed by atoms with Crippen LogP contribution in [-0.2, 0) is 6.42 Å². The number of hydrogen-bond donors (Lipinski definition) is 0. The molecule has 0 bridgehead atoms. The van der Waals surface area contributed by atoms with E-state index < -0.39 is 0 Å². The van der Waals surface area contributed by atoms with E-state index in [1.807, 2.05) is 22.6 Å². The van der Waals surface area contributed by atoms with Crippen LogP contribution in [-0.4, -0.2) is 13.5 Å². The molecule has 0 fully saturated rings. The molecular weight excluding hydrogens is 574 g/mol. The summed E-state index contributed by atoms with van der Waals surface area (Å²) in [6.45, 7) is 0. The van der Waals surface area contributed by atoms with Crippen molar-refractivity contribution in [2.24, 2.45) is 0 Å². The average Bonchev–Trinajstić information content (AvgIpc) is 3.76. The van der Waals surface area contributed by atoms with Gasteiger partial charge in [-0.2, -0.15) is 0 Å². The fraction of sp³-hybridized carbons (Fsp3) is 0.0465. The van der Waals surface area contributed by atoms with E-state index in [4.69, 9.17) is 0 Å². The minimum atomic E-state index is 0.0673. The third kappa shape index (κ3) is 3.19. The summed E-state index contributed by atoms with van der Waals surface area (Å²) >= 11 is 0. The second kappa shape index (κ2) is 8.99. The Morgan fingerprint density at radius 2 is 0.915 bits per heavy atom. The van der Waals surface area contributed by atoms with Crippen molar-refractivity contribution in [1.29, 1.82) is 0 Å². The van der Waals surface area contributed by atoms with Gasteiger partial charge in [0.1, 0.15) is 0 Å². The molecule has 4 heterocycles. The molecule has 47 heavy (non-hydrogen) atoms. The third-order valence-electron chi connectivity index (χ3n) is 10.5. The van der Waals surface area contributed by atoms with Crippen LogP contribution in [0.2, 0.25) is 0 Å². The van der Waals surface area contributed by atoms with Gasteiger partial charge in [-0.15, -0.1) is 0 Å². The Labute approximate surface area is 269 Å². The van der Waals surface area contributed by atoms with Crippen molar-refractivity contribution in [3.05, 3.63) is 155 Å². The van der Waals surface area contributed by atoms with Crippen molar-refractivity contribution in [1.82, 2.24) is 13.5 Å². The van der Waals surface area contributed by atoms with Crippen LogP contribution < -0.4 is 5.56 Å². The van der Waals surface area contributed by atoms with Crippen molar-refractivity contribution in [3.63, 3.8) is 0 Å². The molecule has 0 saturated heterocycles. The Balaban J connectivity index is 1.29. The molecule has 0 amide bonds. The Kier molecular flexibility index (Phi) is 4.80. The van der Waals surface area contributed by atoms with Crippen molar-refractivity contribution in [2.45, 2.75) is 12.8 Å². The summed E-state index contributed by atoms with van der Waals surface area (Å²) in [6, 6.07) is 47.4. The van der Waals surface area contributed by atoms with Crippen LogP contribution in [0.1, 0.15) is 17.7 Å². The van der Waals surface area contributed by atoms with Gasteiger partial charge in [0.15, 0.2) is 0 Å². The molecule has 0 atom stereocenters. The zero-order valence-electron chi connectivity index (χ0n) is 25.4.